The van der Waals surface area contributed by atoms with Crippen LogP contribution in [-0.2, 0) is 0 Å². The van der Waals surface area contributed by atoms with E-state index in [0.29, 0.717) is 5.02 Å². The highest BCUT2D eigenvalue weighted by Crippen LogP contribution is 2.21. The average molecular weight is 297 g/mol. The summed E-state index contributed by atoms with van der Waals surface area (Å²) in [7, 11) is 0. The standard InChI is InChI=1S/C17H13ClN2O/c18-14-8-5-12(6-9-14)7-10-15-11-13-3-1-2-4-16(13)20(15)17(19)21/h1-11H,(H2,19,21)/b10-7+. The maximum atomic E-state index is 11.7. The van der Waals surface area contributed by atoms with Crippen molar-refractivity contribution in [2.24, 2.45) is 5.73 Å². The Bertz CT molecular complexity index is 832. The zero-order chi connectivity index (χ0) is 14.8. The Morgan fingerprint density at radius 2 is 1.76 bits per heavy atom. The maximum Gasteiger partial charge on any atom is 0.323 e. The van der Waals surface area contributed by atoms with Gasteiger partial charge < -0.3 is 5.73 Å². The Hall–Kier alpha value is -2.52. The van der Waals surface area contributed by atoms with Gasteiger partial charge in [0.25, 0.3) is 0 Å². The van der Waals surface area contributed by atoms with Crippen molar-refractivity contribution in [2.75, 3.05) is 0 Å². The topological polar surface area (TPSA) is 48.0 Å². The number of hydrogen-bond donors (Lipinski definition) is 1. The fraction of sp³-hybridized carbons (Fsp3) is 0. The SMILES string of the molecule is NC(=O)n1c(/C=C/c2ccc(Cl)cc2)cc2ccccc21. The minimum absolute atomic E-state index is 0.494. The van der Waals surface area contributed by atoms with Gasteiger partial charge >= 0.3 is 6.03 Å². The molecule has 3 nitrogen and oxygen atoms in total. The largest absolute Gasteiger partial charge is 0.351 e. The molecule has 0 aliphatic heterocycles. The third kappa shape index (κ3) is 2.69. The van der Waals surface area contributed by atoms with E-state index in [0.717, 1.165) is 22.2 Å². The maximum absolute atomic E-state index is 11.7. The lowest BCUT2D eigenvalue weighted by Gasteiger charge is -2.02. The number of amides is 1. The molecule has 0 aliphatic carbocycles. The van der Waals surface area contributed by atoms with Crippen LogP contribution in [0.3, 0.4) is 0 Å². The molecule has 0 atom stereocenters. The first-order valence-electron chi connectivity index (χ1n) is 6.49. The second-order valence-electron chi connectivity index (χ2n) is 4.69. The second kappa shape index (κ2) is 5.46. The third-order valence-electron chi connectivity index (χ3n) is 3.28. The van der Waals surface area contributed by atoms with Crippen LogP contribution in [0.5, 0.6) is 0 Å². The minimum Gasteiger partial charge on any atom is -0.351 e. The van der Waals surface area contributed by atoms with Gasteiger partial charge in [-0.05, 0) is 35.9 Å². The summed E-state index contributed by atoms with van der Waals surface area (Å²) in [5.41, 5.74) is 8.04. The van der Waals surface area contributed by atoms with Crippen LogP contribution in [0.4, 0.5) is 4.79 Å². The van der Waals surface area contributed by atoms with Gasteiger partial charge in [-0.15, -0.1) is 0 Å². The number of rotatable bonds is 2. The Morgan fingerprint density at radius 3 is 2.48 bits per heavy atom. The smallest absolute Gasteiger partial charge is 0.323 e. The molecule has 2 N–H and O–H groups in total. The van der Waals surface area contributed by atoms with Crippen molar-refractivity contribution in [1.82, 2.24) is 4.57 Å². The van der Waals surface area contributed by atoms with Crippen molar-refractivity contribution in [3.05, 3.63) is 70.9 Å². The van der Waals surface area contributed by atoms with Crippen LogP contribution in [-0.4, -0.2) is 10.6 Å². The Morgan fingerprint density at radius 1 is 1.05 bits per heavy atom. The summed E-state index contributed by atoms with van der Waals surface area (Å²) in [5.74, 6) is 0. The highest BCUT2D eigenvalue weighted by Gasteiger charge is 2.09. The first-order valence-corrected chi connectivity index (χ1v) is 6.87. The zero-order valence-corrected chi connectivity index (χ0v) is 11.9. The van der Waals surface area contributed by atoms with Crippen molar-refractivity contribution in [1.29, 1.82) is 0 Å². The molecule has 21 heavy (non-hydrogen) atoms. The van der Waals surface area contributed by atoms with Gasteiger partial charge in [0.2, 0.25) is 0 Å². The molecule has 0 spiro atoms. The fourth-order valence-corrected chi connectivity index (χ4v) is 2.43. The summed E-state index contributed by atoms with van der Waals surface area (Å²) >= 11 is 5.86. The van der Waals surface area contributed by atoms with E-state index in [2.05, 4.69) is 0 Å². The number of halogens is 1. The van der Waals surface area contributed by atoms with Crippen molar-refractivity contribution in [3.63, 3.8) is 0 Å². The summed E-state index contributed by atoms with van der Waals surface area (Å²) in [6.07, 6.45) is 3.79. The number of nitrogens with zero attached hydrogens (tertiary/aromatic N) is 1. The number of nitrogens with two attached hydrogens (primary N) is 1. The summed E-state index contributed by atoms with van der Waals surface area (Å²) in [4.78, 5) is 11.7. The van der Waals surface area contributed by atoms with Gasteiger partial charge in [-0.2, -0.15) is 0 Å². The molecule has 0 unspecified atom stereocenters. The highest BCUT2D eigenvalue weighted by atomic mass is 35.5. The van der Waals surface area contributed by atoms with Crippen LogP contribution in [0.15, 0.2) is 54.6 Å². The molecule has 0 saturated carbocycles. The van der Waals surface area contributed by atoms with Crippen molar-refractivity contribution >= 4 is 40.7 Å². The molecule has 0 fully saturated rings. The second-order valence-corrected chi connectivity index (χ2v) is 5.12. The van der Waals surface area contributed by atoms with Gasteiger partial charge in [0.15, 0.2) is 0 Å². The van der Waals surface area contributed by atoms with Crippen LogP contribution in [0.25, 0.3) is 23.1 Å². The summed E-state index contributed by atoms with van der Waals surface area (Å²) < 4.78 is 1.50. The van der Waals surface area contributed by atoms with E-state index in [9.17, 15) is 4.79 Å². The molecule has 0 bridgehead atoms. The lowest BCUT2D eigenvalue weighted by atomic mass is 10.2. The van der Waals surface area contributed by atoms with Crippen LogP contribution in [0.1, 0.15) is 11.3 Å². The Balaban J connectivity index is 2.05. The summed E-state index contributed by atoms with van der Waals surface area (Å²) in [6, 6.07) is 16.6. The number of fused-ring (bicyclic) bond motifs is 1. The predicted octanol–water partition coefficient (Wildman–Crippen LogP) is 4.39. The molecule has 104 valence electrons. The Kier molecular flexibility index (Phi) is 3.50. The van der Waals surface area contributed by atoms with Gasteiger partial charge in [0.05, 0.1) is 11.2 Å². The van der Waals surface area contributed by atoms with Crippen LogP contribution in [0.2, 0.25) is 5.02 Å². The number of carbonyl (C=O) groups is 1. The number of carbonyl (C=O) groups excluding carboxylic acids is 1. The number of benzene rings is 2. The molecule has 2 aromatic carbocycles. The molecular weight excluding hydrogens is 284 g/mol. The van der Waals surface area contributed by atoms with E-state index in [1.807, 2.05) is 66.7 Å². The van der Waals surface area contributed by atoms with Crippen LogP contribution < -0.4 is 5.73 Å². The molecule has 3 aromatic rings. The number of para-hydroxylation sites is 1. The fourth-order valence-electron chi connectivity index (χ4n) is 2.30. The highest BCUT2D eigenvalue weighted by molar-refractivity contribution is 6.30. The quantitative estimate of drug-likeness (QED) is 0.749. The van der Waals surface area contributed by atoms with Gasteiger partial charge in [-0.1, -0.05) is 48.0 Å². The van der Waals surface area contributed by atoms with Crippen molar-refractivity contribution in [2.45, 2.75) is 0 Å². The Labute approximate surface area is 127 Å². The monoisotopic (exact) mass is 296 g/mol. The van der Waals surface area contributed by atoms with Crippen molar-refractivity contribution in [3.8, 4) is 0 Å². The lowest BCUT2D eigenvalue weighted by molar-refractivity contribution is 0.251. The van der Waals surface area contributed by atoms with Gasteiger partial charge in [-0.25, -0.2) is 4.79 Å². The molecule has 3 rings (SSSR count). The molecule has 0 radical (unpaired) electrons. The van der Waals surface area contributed by atoms with Gasteiger partial charge in [-0.3, -0.25) is 4.57 Å². The van der Waals surface area contributed by atoms with E-state index in [4.69, 9.17) is 17.3 Å². The zero-order valence-electron chi connectivity index (χ0n) is 11.2. The number of aromatic nitrogens is 1. The first kappa shape index (κ1) is 13.5. The van der Waals surface area contributed by atoms with E-state index < -0.39 is 6.03 Å². The molecule has 0 aliphatic rings. The third-order valence-corrected chi connectivity index (χ3v) is 3.53. The summed E-state index contributed by atoms with van der Waals surface area (Å²) in [6.45, 7) is 0. The molecule has 4 heteroatoms. The van der Waals surface area contributed by atoms with Gasteiger partial charge in [0, 0.05) is 10.4 Å². The summed E-state index contributed by atoms with van der Waals surface area (Å²) in [5, 5.41) is 1.67. The van der Waals surface area contributed by atoms with Crippen LogP contribution >= 0.6 is 11.6 Å². The molecular formula is C17H13ClN2O. The van der Waals surface area contributed by atoms with Gasteiger partial charge in [0.1, 0.15) is 0 Å². The number of hydrogen-bond acceptors (Lipinski definition) is 1. The van der Waals surface area contributed by atoms with Crippen molar-refractivity contribution < 1.29 is 4.79 Å². The molecule has 0 saturated heterocycles. The normalized spacial score (nSPS) is 11.3. The molecule has 1 amide bonds. The lowest BCUT2D eigenvalue weighted by Crippen LogP contribution is -2.20. The van der Waals surface area contributed by atoms with E-state index in [1.54, 1.807) is 0 Å². The van der Waals surface area contributed by atoms with Crippen LogP contribution in [0, 0.1) is 0 Å². The average Bonchev–Trinajstić information content (AvgIpc) is 2.85. The minimum atomic E-state index is -0.494. The van der Waals surface area contributed by atoms with E-state index in [1.165, 1.54) is 4.57 Å². The number of primary amides is 1. The predicted molar refractivity (Wildman–Crippen MR) is 87.3 cm³/mol. The molecule has 1 heterocycles. The van der Waals surface area contributed by atoms with E-state index in [-0.39, 0.29) is 0 Å². The first-order chi connectivity index (χ1) is 10.1. The molecule has 1 aromatic heterocycles. The van der Waals surface area contributed by atoms with E-state index >= 15 is 0 Å².